The van der Waals surface area contributed by atoms with Gasteiger partial charge in [0.1, 0.15) is 12.4 Å². The average molecular weight is 368 g/mol. The van der Waals surface area contributed by atoms with E-state index in [1.54, 1.807) is 37.4 Å². The topological polar surface area (TPSA) is 68.3 Å². The zero-order chi connectivity index (χ0) is 15.4. The normalized spacial score (nSPS) is 10.0. The number of benzene rings is 2. The van der Waals surface area contributed by atoms with Gasteiger partial charge in [-0.3, -0.25) is 0 Å². The molecular weight excluding hydrogens is 356 g/mol. The molecule has 0 aromatic heterocycles. The lowest BCUT2D eigenvalue weighted by atomic mass is 10.1. The summed E-state index contributed by atoms with van der Waals surface area (Å²) in [5.41, 5.74) is 7.63. The maximum atomic E-state index is 8.96. The number of nitrogens with two attached hydrogens (primary N) is 1. The third-order valence-electron chi connectivity index (χ3n) is 2.82. The molecule has 6 heteroatoms. The van der Waals surface area contributed by atoms with Crippen LogP contribution in [0.15, 0.2) is 34.8 Å². The summed E-state index contributed by atoms with van der Waals surface area (Å²) in [6, 6.07) is 10.5. The summed E-state index contributed by atoms with van der Waals surface area (Å²) in [6.07, 6.45) is 0. The van der Waals surface area contributed by atoms with Gasteiger partial charge in [-0.1, -0.05) is 11.6 Å². The van der Waals surface area contributed by atoms with Crippen LogP contribution in [0.5, 0.6) is 11.5 Å². The van der Waals surface area contributed by atoms with Gasteiger partial charge in [0.15, 0.2) is 5.75 Å². The molecule has 0 fully saturated rings. The summed E-state index contributed by atoms with van der Waals surface area (Å²) < 4.78 is 11.7. The van der Waals surface area contributed by atoms with Gasteiger partial charge in [0.25, 0.3) is 0 Å². The van der Waals surface area contributed by atoms with Crippen molar-refractivity contribution in [1.82, 2.24) is 0 Å². The van der Waals surface area contributed by atoms with Crippen LogP contribution in [0.4, 0.5) is 5.69 Å². The maximum absolute atomic E-state index is 8.96. The van der Waals surface area contributed by atoms with Crippen LogP contribution < -0.4 is 15.2 Å². The Kier molecular flexibility index (Phi) is 4.94. The molecule has 0 heterocycles. The van der Waals surface area contributed by atoms with Crippen molar-refractivity contribution in [1.29, 1.82) is 5.26 Å². The van der Waals surface area contributed by atoms with E-state index >= 15 is 0 Å². The van der Waals surface area contributed by atoms with Crippen molar-refractivity contribution in [3.8, 4) is 17.6 Å². The van der Waals surface area contributed by atoms with Gasteiger partial charge in [-0.05, 0) is 46.3 Å². The van der Waals surface area contributed by atoms with E-state index in [-0.39, 0.29) is 6.61 Å². The molecule has 2 rings (SSSR count). The third kappa shape index (κ3) is 3.60. The molecule has 108 valence electrons. The second-order valence-corrected chi connectivity index (χ2v) is 5.52. The Balaban J connectivity index is 2.26. The van der Waals surface area contributed by atoms with Crippen molar-refractivity contribution in [2.45, 2.75) is 6.61 Å². The molecule has 0 aliphatic heterocycles. The highest BCUT2D eigenvalue weighted by Crippen LogP contribution is 2.35. The fourth-order valence-electron chi connectivity index (χ4n) is 1.84. The number of nitrogen functional groups attached to an aromatic ring is 1. The van der Waals surface area contributed by atoms with Crippen LogP contribution in [0.2, 0.25) is 5.02 Å². The van der Waals surface area contributed by atoms with Crippen LogP contribution in [-0.4, -0.2) is 7.11 Å². The van der Waals surface area contributed by atoms with Crippen molar-refractivity contribution in [3.05, 3.63) is 51.0 Å². The Labute approximate surface area is 136 Å². The number of nitriles is 1. The molecular formula is C15H12BrClN2O2. The molecule has 4 nitrogen and oxygen atoms in total. The predicted molar refractivity (Wildman–Crippen MR) is 85.6 cm³/mol. The number of anilines is 1. The average Bonchev–Trinajstić information content (AvgIpc) is 2.45. The quantitative estimate of drug-likeness (QED) is 0.825. The van der Waals surface area contributed by atoms with Gasteiger partial charge in [0.05, 0.1) is 28.9 Å². The zero-order valence-electron chi connectivity index (χ0n) is 11.2. The van der Waals surface area contributed by atoms with E-state index in [1.807, 2.05) is 0 Å². The summed E-state index contributed by atoms with van der Waals surface area (Å²) in [5.74, 6) is 1.15. The second kappa shape index (κ2) is 6.70. The highest BCUT2D eigenvalue weighted by molar-refractivity contribution is 9.10. The Bertz CT molecular complexity index is 690. The summed E-state index contributed by atoms with van der Waals surface area (Å²) in [6.45, 7) is 0.225. The molecule has 0 amide bonds. The smallest absolute Gasteiger partial charge is 0.156 e. The first-order chi connectivity index (χ1) is 10.0. The van der Waals surface area contributed by atoms with E-state index < -0.39 is 0 Å². The molecule has 0 saturated heterocycles. The summed E-state index contributed by atoms with van der Waals surface area (Å²) in [5, 5.41) is 9.48. The third-order valence-corrected chi connectivity index (χ3v) is 3.63. The summed E-state index contributed by atoms with van der Waals surface area (Å²) in [4.78, 5) is 0. The fraction of sp³-hybridized carbons (Fsp3) is 0.133. The molecule has 2 aromatic rings. The van der Waals surface area contributed by atoms with Crippen LogP contribution in [-0.2, 0) is 6.61 Å². The van der Waals surface area contributed by atoms with E-state index in [9.17, 15) is 0 Å². The Morgan fingerprint density at radius 3 is 2.71 bits per heavy atom. The molecule has 0 atom stereocenters. The van der Waals surface area contributed by atoms with Gasteiger partial charge in [0.2, 0.25) is 0 Å². The lowest BCUT2D eigenvalue weighted by Crippen LogP contribution is -2.02. The molecule has 21 heavy (non-hydrogen) atoms. The standard InChI is InChI=1S/C15H12BrClN2O2/c1-20-14-3-2-9(7-18)4-10(14)8-21-15-12(16)5-11(17)6-13(15)19/h2-6H,8,19H2,1H3. The van der Waals surface area contributed by atoms with Crippen molar-refractivity contribution in [2.75, 3.05) is 12.8 Å². The molecule has 0 unspecified atom stereocenters. The van der Waals surface area contributed by atoms with Gasteiger partial charge in [-0.25, -0.2) is 0 Å². The van der Waals surface area contributed by atoms with Gasteiger partial charge >= 0.3 is 0 Å². The van der Waals surface area contributed by atoms with E-state index in [0.29, 0.717) is 32.2 Å². The van der Waals surface area contributed by atoms with Gasteiger partial charge < -0.3 is 15.2 Å². The molecule has 2 N–H and O–H groups in total. The molecule has 0 saturated carbocycles. The Hall–Kier alpha value is -1.90. The molecule has 0 bridgehead atoms. The van der Waals surface area contributed by atoms with Gasteiger partial charge in [-0.2, -0.15) is 5.26 Å². The highest BCUT2D eigenvalue weighted by atomic mass is 79.9. The minimum absolute atomic E-state index is 0.225. The molecule has 0 radical (unpaired) electrons. The van der Waals surface area contributed by atoms with Crippen molar-refractivity contribution in [2.24, 2.45) is 0 Å². The number of methoxy groups -OCH3 is 1. The Morgan fingerprint density at radius 1 is 1.33 bits per heavy atom. The monoisotopic (exact) mass is 366 g/mol. The van der Waals surface area contributed by atoms with Crippen molar-refractivity contribution >= 4 is 33.2 Å². The van der Waals surface area contributed by atoms with Crippen molar-refractivity contribution in [3.63, 3.8) is 0 Å². The van der Waals surface area contributed by atoms with Crippen LogP contribution >= 0.6 is 27.5 Å². The number of hydrogen-bond donors (Lipinski definition) is 1. The first-order valence-corrected chi connectivity index (χ1v) is 7.16. The van der Waals surface area contributed by atoms with Crippen LogP contribution in [0.3, 0.4) is 0 Å². The van der Waals surface area contributed by atoms with Gasteiger partial charge in [0, 0.05) is 10.6 Å². The molecule has 0 spiro atoms. The Morgan fingerprint density at radius 2 is 2.10 bits per heavy atom. The van der Waals surface area contributed by atoms with Gasteiger partial charge in [-0.15, -0.1) is 0 Å². The number of nitrogens with zero attached hydrogens (tertiary/aromatic N) is 1. The second-order valence-electron chi connectivity index (χ2n) is 4.23. The van der Waals surface area contributed by atoms with Crippen LogP contribution in [0.25, 0.3) is 0 Å². The summed E-state index contributed by atoms with van der Waals surface area (Å²) >= 11 is 9.27. The number of halogens is 2. The highest BCUT2D eigenvalue weighted by Gasteiger charge is 2.11. The van der Waals surface area contributed by atoms with E-state index in [4.69, 9.17) is 32.1 Å². The van der Waals surface area contributed by atoms with E-state index in [2.05, 4.69) is 22.0 Å². The largest absolute Gasteiger partial charge is 0.496 e. The zero-order valence-corrected chi connectivity index (χ0v) is 13.5. The van der Waals surface area contributed by atoms with Crippen molar-refractivity contribution < 1.29 is 9.47 Å². The van der Waals surface area contributed by atoms with Crippen LogP contribution in [0, 0.1) is 11.3 Å². The van der Waals surface area contributed by atoms with Crippen LogP contribution in [0.1, 0.15) is 11.1 Å². The summed E-state index contributed by atoms with van der Waals surface area (Å²) in [7, 11) is 1.57. The number of hydrogen-bond acceptors (Lipinski definition) is 4. The first kappa shape index (κ1) is 15.5. The molecule has 0 aliphatic rings. The lowest BCUT2D eigenvalue weighted by Gasteiger charge is -2.13. The maximum Gasteiger partial charge on any atom is 0.156 e. The lowest BCUT2D eigenvalue weighted by molar-refractivity contribution is 0.296. The minimum atomic E-state index is 0.225. The number of rotatable bonds is 4. The SMILES string of the molecule is COc1ccc(C#N)cc1COc1c(N)cc(Cl)cc1Br. The fourth-order valence-corrected chi connectivity index (χ4v) is 2.79. The molecule has 2 aromatic carbocycles. The van der Waals surface area contributed by atoms with E-state index in [0.717, 1.165) is 5.56 Å². The predicted octanol–water partition coefficient (Wildman–Crippen LogP) is 4.14. The first-order valence-electron chi connectivity index (χ1n) is 5.99. The molecule has 0 aliphatic carbocycles. The van der Waals surface area contributed by atoms with E-state index in [1.165, 1.54) is 0 Å². The minimum Gasteiger partial charge on any atom is -0.496 e. The number of ether oxygens (including phenoxy) is 2.